The number of benzene rings is 2. The second-order valence-corrected chi connectivity index (χ2v) is 10.0. The Morgan fingerprint density at radius 1 is 1.21 bits per heavy atom. The van der Waals surface area contributed by atoms with Crippen molar-refractivity contribution < 1.29 is 32.2 Å². The molecule has 10 heteroatoms. The first kappa shape index (κ1) is 23.9. The summed E-state index contributed by atoms with van der Waals surface area (Å²) in [5.74, 6) is -0.172. The summed E-state index contributed by atoms with van der Waals surface area (Å²) >= 11 is 0. The molecule has 1 aliphatic heterocycles. The van der Waals surface area contributed by atoms with Crippen LogP contribution in [0.4, 0.5) is 0 Å². The van der Waals surface area contributed by atoms with Crippen LogP contribution in [-0.2, 0) is 25.9 Å². The minimum Gasteiger partial charge on any atom is -0.484 e. The first-order valence-corrected chi connectivity index (χ1v) is 12.7. The van der Waals surface area contributed by atoms with Gasteiger partial charge >= 0.3 is 5.97 Å². The fourth-order valence-corrected chi connectivity index (χ4v) is 4.59. The molecule has 180 valence electrons. The highest BCUT2D eigenvalue weighted by molar-refractivity contribution is 7.90. The number of oxazole rings is 1. The van der Waals surface area contributed by atoms with Crippen molar-refractivity contribution in [3.8, 4) is 17.2 Å². The molecule has 2 atom stereocenters. The monoisotopic (exact) mass is 486 g/mol. The zero-order valence-electron chi connectivity index (χ0n) is 18.9. The minimum atomic E-state index is -3.67. The van der Waals surface area contributed by atoms with E-state index in [0.717, 1.165) is 11.8 Å². The van der Waals surface area contributed by atoms with E-state index in [1.54, 1.807) is 31.2 Å². The van der Waals surface area contributed by atoms with Gasteiger partial charge in [-0.05, 0) is 36.8 Å². The van der Waals surface area contributed by atoms with E-state index < -0.39 is 28.0 Å². The summed E-state index contributed by atoms with van der Waals surface area (Å²) in [5.41, 5.74) is 1.79. The topological polar surface area (TPSA) is 119 Å². The van der Waals surface area contributed by atoms with Gasteiger partial charge in [-0.25, -0.2) is 13.4 Å². The molecule has 0 saturated carbocycles. The Balaban J connectivity index is 1.50. The van der Waals surface area contributed by atoms with Gasteiger partial charge in [0.2, 0.25) is 20.8 Å². The molecular formula is C24H26N2O7S. The highest BCUT2D eigenvalue weighted by Crippen LogP contribution is 2.31. The van der Waals surface area contributed by atoms with Gasteiger partial charge in [0, 0.05) is 24.9 Å². The van der Waals surface area contributed by atoms with E-state index in [2.05, 4.69) is 4.98 Å². The quantitative estimate of drug-likeness (QED) is 0.512. The molecule has 1 aromatic heterocycles. The Morgan fingerprint density at radius 3 is 2.56 bits per heavy atom. The lowest BCUT2D eigenvalue weighted by Crippen LogP contribution is -2.49. The number of hydrogen-bond acceptors (Lipinski definition) is 8. The first-order chi connectivity index (χ1) is 16.2. The average Bonchev–Trinajstić information content (AvgIpc) is 3.28. The third kappa shape index (κ3) is 5.46. The summed E-state index contributed by atoms with van der Waals surface area (Å²) in [6.45, 7) is 3.38. The highest BCUT2D eigenvalue weighted by Gasteiger charge is 2.30. The van der Waals surface area contributed by atoms with E-state index in [0.29, 0.717) is 31.0 Å². The molecule has 0 amide bonds. The van der Waals surface area contributed by atoms with E-state index in [4.69, 9.17) is 13.9 Å². The Bertz CT molecular complexity index is 1240. The van der Waals surface area contributed by atoms with Crippen LogP contribution in [0.3, 0.4) is 0 Å². The average molecular weight is 487 g/mol. The number of morpholine rings is 1. The zero-order chi connectivity index (χ0) is 24.3. The van der Waals surface area contributed by atoms with Crippen LogP contribution in [0.25, 0.3) is 11.5 Å². The van der Waals surface area contributed by atoms with Crippen molar-refractivity contribution in [2.75, 3.05) is 26.0 Å². The number of hydrogen-bond donors (Lipinski definition) is 1. The van der Waals surface area contributed by atoms with Gasteiger partial charge in [0.15, 0.2) is 0 Å². The number of carboxylic acids is 1. The van der Waals surface area contributed by atoms with Crippen LogP contribution in [0, 0.1) is 0 Å². The normalized spacial score (nSPS) is 17.9. The van der Waals surface area contributed by atoms with Gasteiger partial charge in [-0.1, -0.05) is 30.3 Å². The molecule has 2 heterocycles. The number of aliphatic carboxylic acids is 1. The molecule has 2 aromatic carbocycles. The van der Waals surface area contributed by atoms with Crippen molar-refractivity contribution in [2.45, 2.75) is 30.7 Å². The van der Waals surface area contributed by atoms with Crippen molar-refractivity contribution in [3.05, 3.63) is 65.9 Å². The summed E-state index contributed by atoms with van der Waals surface area (Å²) in [6.07, 6.45) is 0.385. The van der Waals surface area contributed by atoms with Gasteiger partial charge in [-0.2, -0.15) is 0 Å². The number of carbonyl (C=O) groups is 1. The summed E-state index contributed by atoms with van der Waals surface area (Å²) in [7, 11) is -3.67. The third-order valence-electron chi connectivity index (χ3n) is 5.51. The molecule has 1 unspecified atom stereocenters. The van der Waals surface area contributed by atoms with Crippen LogP contribution < -0.4 is 4.74 Å². The molecule has 0 radical (unpaired) electrons. The zero-order valence-corrected chi connectivity index (χ0v) is 19.7. The number of sulfone groups is 1. The van der Waals surface area contributed by atoms with Gasteiger partial charge in [0.05, 0.1) is 13.2 Å². The van der Waals surface area contributed by atoms with Crippen LogP contribution in [-0.4, -0.2) is 61.4 Å². The molecule has 0 bridgehead atoms. The van der Waals surface area contributed by atoms with Crippen molar-refractivity contribution in [3.63, 3.8) is 0 Å². The van der Waals surface area contributed by atoms with E-state index in [9.17, 15) is 18.3 Å². The van der Waals surface area contributed by atoms with Gasteiger partial charge in [0.1, 0.15) is 23.6 Å². The van der Waals surface area contributed by atoms with Gasteiger partial charge in [0.25, 0.3) is 0 Å². The molecular weight excluding hydrogens is 460 g/mol. The lowest BCUT2D eigenvalue weighted by atomic mass is 10.1. The highest BCUT2D eigenvalue weighted by atomic mass is 32.2. The number of rotatable bonds is 8. The molecule has 1 N–H and O–H groups in total. The maximum Gasteiger partial charge on any atom is 0.323 e. The molecule has 3 aromatic rings. The lowest BCUT2D eigenvalue weighted by Gasteiger charge is -2.32. The van der Waals surface area contributed by atoms with E-state index in [-0.39, 0.29) is 23.3 Å². The molecule has 0 spiro atoms. The van der Waals surface area contributed by atoms with Crippen molar-refractivity contribution in [1.82, 2.24) is 9.88 Å². The minimum absolute atomic E-state index is 0.166. The molecule has 1 fully saturated rings. The first-order valence-electron chi connectivity index (χ1n) is 10.8. The summed E-state index contributed by atoms with van der Waals surface area (Å²) in [4.78, 5) is 17.7. The Hall–Kier alpha value is -3.21. The molecule has 4 rings (SSSR count). The standard InChI is InChI=1S/C24H26N2O7S/c1-16(21-24(34(2,29)30)33-22(25-21)18-6-4-3-5-7-18)32-19-10-8-17(9-11-19)14-26-12-13-31-15-20(26)23(27)28/h3-11,16,20H,12-15H2,1-2H3,(H,27,28)/t16?,20-/m0/s1. The van der Waals surface area contributed by atoms with Crippen molar-refractivity contribution >= 4 is 15.8 Å². The van der Waals surface area contributed by atoms with Gasteiger partial charge in [-0.3, -0.25) is 9.69 Å². The second-order valence-electron chi connectivity index (χ2n) is 8.13. The molecule has 9 nitrogen and oxygen atoms in total. The van der Waals surface area contributed by atoms with Crippen LogP contribution in [0.15, 0.2) is 64.1 Å². The summed E-state index contributed by atoms with van der Waals surface area (Å²) in [5, 5.41) is 9.17. The molecule has 0 aliphatic carbocycles. The second kappa shape index (κ2) is 9.96. The van der Waals surface area contributed by atoms with E-state index >= 15 is 0 Å². The molecule has 1 saturated heterocycles. The van der Waals surface area contributed by atoms with Crippen LogP contribution >= 0.6 is 0 Å². The van der Waals surface area contributed by atoms with Gasteiger partial charge < -0.3 is 19.0 Å². The SMILES string of the molecule is CC(Oc1ccc(CN2CCOC[C@H]2C(=O)O)cc1)c1nc(-c2ccccc2)oc1S(C)(=O)=O. The number of carboxylic acid groups (broad SMARTS) is 1. The van der Waals surface area contributed by atoms with E-state index in [1.807, 2.05) is 35.2 Å². The maximum atomic E-state index is 12.3. The Morgan fingerprint density at radius 2 is 1.91 bits per heavy atom. The lowest BCUT2D eigenvalue weighted by molar-refractivity contribution is -0.150. The van der Waals surface area contributed by atoms with Crippen molar-refractivity contribution in [1.29, 1.82) is 0 Å². The van der Waals surface area contributed by atoms with Gasteiger partial charge in [-0.15, -0.1) is 0 Å². The van der Waals surface area contributed by atoms with Crippen molar-refractivity contribution in [2.24, 2.45) is 0 Å². The van der Waals surface area contributed by atoms with E-state index in [1.165, 1.54) is 0 Å². The predicted octanol–water partition coefficient (Wildman–Crippen LogP) is 3.17. The number of ether oxygens (including phenoxy) is 2. The smallest absolute Gasteiger partial charge is 0.323 e. The van der Waals surface area contributed by atoms with Crippen LogP contribution in [0.2, 0.25) is 0 Å². The Kier molecular flexibility index (Phi) is 7.01. The third-order valence-corrected chi connectivity index (χ3v) is 6.48. The number of nitrogens with zero attached hydrogens (tertiary/aromatic N) is 2. The largest absolute Gasteiger partial charge is 0.484 e. The van der Waals surface area contributed by atoms with Crippen LogP contribution in [0.1, 0.15) is 24.3 Å². The maximum absolute atomic E-state index is 12.3. The summed E-state index contributed by atoms with van der Waals surface area (Å²) in [6, 6.07) is 15.6. The fraction of sp³-hybridized carbons (Fsp3) is 0.333. The number of aromatic nitrogens is 1. The molecule has 34 heavy (non-hydrogen) atoms. The summed E-state index contributed by atoms with van der Waals surface area (Å²) < 4.78 is 41.5. The fourth-order valence-electron chi connectivity index (χ4n) is 3.77. The Labute approximate surface area is 197 Å². The predicted molar refractivity (Wildman–Crippen MR) is 123 cm³/mol. The van der Waals surface area contributed by atoms with Crippen LogP contribution in [0.5, 0.6) is 5.75 Å². The molecule has 1 aliphatic rings.